The van der Waals surface area contributed by atoms with Crippen LogP contribution in [-0.4, -0.2) is 22.5 Å². The molecule has 2 aromatic carbocycles. The van der Waals surface area contributed by atoms with Gasteiger partial charge >= 0.3 is 0 Å². The van der Waals surface area contributed by atoms with E-state index in [2.05, 4.69) is 15.0 Å². The number of aliphatic imine (C=N–C) groups is 1. The van der Waals surface area contributed by atoms with Crippen LogP contribution in [0.25, 0.3) is 10.9 Å². The fourth-order valence-electron chi connectivity index (χ4n) is 2.05. The molecule has 0 bridgehead atoms. The average Bonchev–Trinajstić information content (AvgIpc) is 2.53. The van der Waals surface area contributed by atoms with Crippen molar-refractivity contribution in [2.75, 3.05) is 11.5 Å². The molecule has 0 unspecified atom stereocenters. The number of carbonyl (C=O) groups is 1. The van der Waals surface area contributed by atoms with E-state index in [1.165, 1.54) is 0 Å². The van der Waals surface area contributed by atoms with Gasteiger partial charge in [0.05, 0.1) is 11.2 Å². The zero-order valence-corrected chi connectivity index (χ0v) is 11.6. The monoisotopic (exact) mass is 291 g/mol. The Kier molecular flexibility index (Phi) is 3.49. The van der Waals surface area contributed by atoms with Gasteiger partial charge in [-0.3, -0.25) is 9.79 Å². The molecule has 0 aliphatic rings. The van der Waals surface area contributed by atoms with Crippen LogP contribution in [0, 0.1) is 0 Å². The minimum Gasteiger partial charge on any atom is -0.383 e. The molecular formula is C16H13N5O. The maximum Gasteiger partial charge on any atom is 0.222 e. The van der Waals surface area contributed by atoms with Crippen LogP contribution >= 0.6 is 0 Å². The lowest BCUT2D eigenvalue weighted by atomic mass is 10.1. The van der Waals surface area contributed by atoms with Crippen LogP contribution in [0.2, 0.25) is 0 Å². The molecule has 0 atom stereocenters. The number of aromatic nitrogens is 2. The fourth-order valence-corrected chi connectivity index (χ4v) is 2.05. The number of fused-ring (bicyclic) bond motifs is 1. The first-order valence-electron chi connectivity index (χ1n) is 6.58. The number of carbonyl (C=O) groups excluding carboxylic acids is 1. The summed E-state index contributed by atoms with van der Waals surface area (Å²) in [6.07, 6.45) is 2.52. The van der Waals surface area contributed by atoms with Gasteiger partial charge in [0, 0.05) is 17.2 Å². The van der Waals surface area contributed by atoms with Crippen LogP contribution in [0.1, 0.15) is 15.9 Å². The molecule has 0 spiro atoms. The van der Waals surface area contributed by atoms with Crippen LogP contribution in [-0.2, 0) is 0 Å². The van der Waals surface area contributed by atoms with Crippen molar-refractivity contribution in [1.82, 2.24) is 9.97 Å². The largest absolute Gasteiger partial charge is 0.383 e. The molecule has 4 N–H and O–H groups in total. The highest BCUT2D eigenvalue weighted by Gasteiger charge is 2.03. The molecule has 108 valence electrons. The molecule has 0 fully saturated rings. The minimum atomic E-state index is 0.150. The van der Waals surface area contributed by atoms with Crippen LogP contribution < -0.4 is 11.5 Å². The number of hydrogen-bond acceptors (Lipinski definition) is 6. The molecule has 0 saturated carbocycles. The first-order valence-corrected chi connectivity index (χ1v) is 6.58. The molecule has 0 amide bonds. The van der Waals surface area contributed by atoms with Crippen molar-refractivity contribution in [2.45, 2.75) is 0 Å². The van der Waals surface area contributed by atoms with E-state index in [0.717, 1.165) is 17.5 Å². The summed E-state index contributed by atoms with van der Waals surface area (Å²) in [6.45, 7) is 0. The number of hydrogen-bond donors (Lipinski definition) is 2. The van der Waals surface area contributed by atoms with Crippen LogP contribution in [0.15, 0.2) is 47.5 Å². The summed E-state index contributed by atoms with van der Waals surface area (Å²) in [4.78, 5) is 23.1. The topological polar surface area (TPSA) is 107 Å². The number of nitrogens with zero attached hydrogens (tertiary/aromatic N) is 3. The molecule has 0 aliphatic carbocycles. The Hall–Kier alpha value is -3.28. The predicted molar refractivity (Wildman–Crippen MR) is 87.4 cm³/mol. The van der Waals surface area contributed by atoms with Crippen molar-refractivity contribution in [3.63, 3.8) is 0 Å². The Labute approximate surface area is 126 Å². The maximum atomic E-state index is 10.6. The zero-order chi connectivity index (χ0) is 15.5. The Morgan fingerprint density at radius 2 is 1.68 bits per heavy atom. The highest BCUT2D eigenvalue weighted by Crippen LogP contribution is 2.24. The van der Waals surface area contributed by atoms with Crippen molar-refractivity contribution >= 4 is 40.9 Å². The Bertz CT molecular complexity index is 872. The number of aldehydes is 1. The smallest absolute Gasteiger partial charge is 0.222 e. The van der Waals surface area contributed by atoms with Crippen molar-refractivity contribution in [3.05, 3.63) is 53.6 Å². The summed E-state index contributed by atoms with van der Waals surface area (Å²) in [5.41, 5.74) is 14.3. The third kappa shape index (κ3) is 2.76. The second-order valence-electron chi connectivity index (χ2n) is 4.71. The molecule has 6 heteroatoms. The Balaban J connectivity index is 1.92. The standard InChI is InChI=1S/C16H13N5O/c17-15-13-7-12(5-6-14(13)20-16(18)21-15)19-8-10-1-3-11(9-22)4-2-10/h1-9H,(H4,17,18,20,21). The van der Waals surface area contributed by atoms with Gasteiger partial charge in [0.2, 0.25) is 5.95 Å². The van der Waals surface area contributed by atoms with Crippen LogP contribution in [0.3, 0.4) is 0 Å². The third-order valence-electron chi connectivity index (χ3n) is 3.16. The second kappa shape index (κ2) is 5.61. The summed E-state index contributed by atoms with van der Waals surface area (Å²) >= 11 is 0. The normalized spacial score (nSPS) is 11.1. The highest BCUT2D eigenvalue weighted by atomic mass is 16.1. The summed E-state index contributed by atoms with van der Waals surface area (Å²) < 4.78 is 0. The van der Waals surface area contributed by atoms with Gasteiger partial charge < -0.3 is 11.5 Å². The van der Waals surface area contributed by atoms with Gasteiger partial charge in [-0.05, 0) is 23.8 Å². The molecule has 1 heterocycles. The van der Waals surface area contributed by atoms with E-state index in [4.69, 9.17) is 11.5 Å². The molecule has 3 aromatic rings. The van der Waals surface area contributed by atoms with Gasteiger partial charge in [-0.2, -0.15) is 4.98 Å². The first kappa shape index (κ1) is 13.7. The molecule has 0 saturated heterocycles. The summed E-state index contributed by atoms with van der Waals surface area (Å²) in [5.74, 6) is 0.478. The van der Waals surface area contributed by atoms with E-state index in [1.807, 2.05) is 18.2 Å². The van der Waals surface area contributed by atoms with Crippen molar-refractivity contribution < 1.29 is 4.79 Å². The SMILES string of the molecule is Nc1nc(N)c2cc(N=Cc3ccc(C=O)cc3)ccc2n1. The molecule has 0 radical (unpaired) electrons. The number of nitrogen functional groups attached to an aromatic ring is 2. The lowest BCUT2D eigenvalue weighted by Gasteiger charge is -2.03. The second-order valence-corrected chi connectivity index (χ2v) is 4.71. The molecule has 1 aromatic heterocycles. The number of nitrogens with two attached hydrogens (primary N) is 2. The summed E-state index contributed by atoms with van der Waals surface area (Å²) in [5, 5.41) is 0.708. The van der Waals surface area contributed by atoms with E-state index >= 15 is 0 Å². The number of benzene rings is 2. The van der Waals surface area contributed by atoms with Crippen molar-refractivity contribution in [2.24, 2.45) is 4.99 Å². The van der Waals surface area contributed by atoms with Crippen molar-refractivity contribution in [1.29, 1.82) is 0 Å². The first-order chi connectivity index (χ1) is 10.7. The van der Waals surface area contributed by atoms with Gasteiger partial charge in [-0.1, -0.05) is 24.3 Å². The molecular weight excluding hydrogens is 278 g/mol. The predicted octanol–water partition coefficient (Wildman–Crippen LogP) is 2.36. The van der Waals surface area contributed by atoms with Crippen molar-refractivity contribution in [3.8, 4) is 0 Å². The number of anilines is 2. The van der Waals surface area contributed by atoms with Crippen LogP contribution in [0.5, 0.6) is 0 Å². The molecule has 22 heavy (non-hydrogen) atoms. The van der Waals surface area contributed by atoms with Gasteiger partial charge in [0.1, 0.15) is 12.1 Å². The lowest BCUT2D eigenvalue weighted by Crippen LogP contribution is -2.00. The van der Waals surface area contributed by atoms with E-state index < -0.39 is 0 Å². The Morgan fingerprint density at radius 3 is 2.41 bits per heavy atom. The zero-order valence-electron chi connectivity index (χ0n) is 11.6. The number of rotatable bonds is 3. The van der Waals surface area contributed by atoms with Gasteiger partial charge in [-0.25, -0.2) is 4.98 Å². The maximum absolute atomic E-state index is 10.6. The molecule has 3 rings (SSSR count). The lowest BCUT2D eigenvalue weighted by molar-refractivity contribution is 0.112. The quantitative estimate of drug-likeness (QED) is 0.569. The summed E-state index contributed by atoms with van der Waals surface area (Å²) in [7, 11) is 0. The van der Waals surface area contributed by atoms with Gasteiger partial charge in [0.25, 0.3) is 0 Å². The van der Waals surface area contributed by atoms with Crippen LogP contribution in [0.4, 0.5) is 17.5 Å². The van der Waals surface area contributed by atoms with E-state index in [0.29, 0.717) is 22.3 Å². The molecule has 6 nitrogen and oxygen atoms in total. The average molecular weight is 291 g/mol. The van der Waals surface area contributed by atoms with E-state index in [-0.39, 0.29) is 5.95 Å². The van der Waals surface area contributed by atoms with Gasteiger partial charge in [-0.15, -0.1) is 0 Å². The molecule has 0 aliphatic heterocycles. The minimum absolute atomic E-state index is 0.150. The fraction of sp³-hybridized carbons (Fsp3) is 0. The third-order valence-corrected chi connectivity index (χ3v) is 3.16. The van der Waals surface area contributed by atoms with E-state index in [9.17, 15) is 4.79 Å². The summed E-state index contributed by atoms with van der Waals surface area (Å²) in [6, 6.07) is 12.6. The van der Waals surface area contributed by atoms with Gasteiger partial charge in [0.15, 0.2) is 0 Å². The Morgan fingerprint density at radius 1 is 0.955 bits per heavy atom. The van der Waals surface area contributed by atoms with E-state index in [1.54, 1.807) is 30.5 Å². The highest BCUT2D eigenvalue weighted by molar-refractivity contribution is 5.92.